The fourth-order valence-electron chi connectivity index (χ4n) is 3.00. The number of hydrogen-bond donors (Lipinski definition) is 2. The topological polar surface area (TPSA) is 44.4 Å². The van der Waals surface area contributed by atoms with Crippen LogP contribution in [0.4, 0.5) is 0 Å². The normalized spacial score (nSPS) is 18.5. The number of nitrogens with one attached hydrogen (secondary N) is 2. The predicted octanol–water partition coefficient (Wildman–Crippen LogP) is 2.92. The lowest BCUT2D eigenvalue weighted by Gasteiger charge is -2.31. The first kappa shape index (κ1) is 21.7. The molecule has 0 radical (unpaired) electrons. The van der Waals surface area contributed by atoms with Crippen LogP contribution in [0, 0.1) is 11.8 Å². The Balaban J connectivity index is 0.00000144. The largest absolute Gasteiger partial charge is 0.355 e. The van der Waals surface area contributed by atoms with Crippen molar-refractivity contribution in [2.45, 2.75) is 32.2 Å². The van der Waals surface area contributed by atoms with Gasteiger partial charge in [0.1, 0.15) is 0 Å². The molecule has 0 aromatic carbocycles. The molecular weight excluding hydrogens is 365 g/mol. The molecule has 1 saturated heterocycles. The number of amides is 1. The van der Waals surface area contributed by atoms with Gasteiger partial charge in [0.05, 0.1) is 6.54 Å². The van der Waals surface area contributed by atoms with E-state index >= 15 is 0 Å². The molecule has 2 fully saturated rings. The molecule has 0 bridgehead atoms. The highest BCUT2D eigenvalue weighted by Crippen LogP contribution is 2.27. The van der Waals surface area contributed by atoms with Crippen LogP contribution in [-0.2, 0) is 11.3 Å². The zero-order chi connectivity index (χ0) is 15.2. The van der Waals surface area contributed by atoms with Crippen LogP contribution < -0.4 is 10.6 Å². The Morgan fingerprint density at radius 1 is 1.12 bits per heavy atom. The van der Waals surface area contributed by atoms with Gasteiger partial charge in [-0.2, -0.15) is 0 Å². The lowest BCUT2D eigenvalue weighted by Crippen LogP contribution is -2.40. The number of halogens is 2. The fourth-order valence-corrected chi connectivity index (χ4v) is 3.75. The summed E-state index contributed by atoms with van der Waals surface area (Å²) in [6.45, 7) is 5.72. The SMILES string of the molecule is Cl.Cl.O=C(CNCC1CC1)NCC1CCN(Cc2cccs2)CC1. The molecule has 1 amide bonds. The lowest BCUT2D eigenvalue weighted by molar-refractivity contribution is -0.120. The van der Waals surface area contributed by atoms with Crippen LogP contribution in [0.15, 0.2) is 17.5 Å². The van der Waals surface area contributed by atoms with Crippen molar-refractivity contribution in [2.24, 2.45) is 11.8 Å². The van der Waals surface area contributed by atoms with Crippen molar-refractivity contribution in [3.05, 3.63) is 22.4 Å². The molecule has 0 spiro atoms. The van der Waals surface area contributed by atoms with Crippen molar-refractivity contribution in [3.8, 4) is 0 Å². The number of thiophene rings is 1. The summed E-state index contributed by atoms with van der Waals surface area (Å²) < 4.78 is 0. The first-order valence-electron chi connectivity index (χ1n) is 8.52. The number of hydrogen-bond acceptors (Lipinski definition) is 4. The average Bonchev–Trinajstić information content (AvgIpc) is 3.21. The van der Waals surface area contributed by atoms with Crippen LogP contribution >= 0.6 is 36.2 Å². The Kier molecular flexibility index (Phi) is 10.2. The van der Waals surface area contributed by atoms with Gasteiger partial charge in [-0.25, -0.2) is 0 Å². The van der Waals surface area contributed by atoms with E-state index in [2.05, 4.69) is 33.0 Å². The molecule has 0 unspecified atom stereocenters. The summed E-state index contributed by atoms with van der Waals surface area (Å²) in [5.41, 5.74) is 0. The number of carbonyl (C=O) groups is 1. The molecule has 24 heavy (non-hydrogen) atoms. The maximum Gasteiger partial charge on any atom is 0.233 e. The molecule has 2 aliphatic rings. The van der Waals surface area contributed by atoms with Crippen molar-refractivity contribution < 1.29 is 4.79 Å². The zero-order valence-corrected chi connectivity index (χ0v) is 16.5. The van der Waals surface area contributed by atoms with Crippen molar-refractivity contribution >= 4 is 42.1 Å². The molecule has 1 saturated carbocycles. The minimum Gasteiger partial charge on any atom is -0.355 e. The summed E-state index contributed by atoms with van der Waals surface area (Å²) in [5.74, 6) is 1.63. The highest BCUT2D eigenvalue weighted by molar-refractivity contribution is 7.09. The fraction of sp³-hybridized carbons (Fsp3) is 0.706. The molecule has 1 aromatic rings. The third kappa shape index (κ3) is 7.70. The minimum absolute atomic E-state index is 0. The van der Waals surface area contributed by atoms with E-state index in [0.29, 0.717) is 12.5 Å². The molecule has 2 N–H and O–H groups in total. The van der Waals surface area contributed by atoms with Crippen LogP contribution in [0.2, 0.25) is 0 Å². The molecule has 1 aliphatic carbocycles. The van der Waals surface area contributed by atoms with E-state index in [0.717, 1.165) is 38.6 Å². The van der Waals surface area contributed by atoms with Crippen LogP contribution in [0.1, 0.15) is 30.6 Å². The summed E-state index contributed by atoms with van der Waals surface area (Å²) in [6.07, 6.45) is 5.06. The lowest BCUT2D eigenvalue weighted by atomic mass is 9.97. The zero-order valence-electron chi connectivity index (χ0n) is 14.0. The maximum atomic E-state index is 11.8. The van der Waals surface area contributed by atoms with Gasteiger partial charge in [0, 0.05) is 18.0 Å². The van der Waals surface area contributed by atoms with Gasteiger partial charge in [0.2, 0.25) is 5.91 Å². The number of nitrogens with zero attached hydrogens (tertiary/aromatic N) is 1. The summed E-state index contributed by atoms with van der Waals surface area (Å²) in [6, 6.07) is 4.34. The Labute approximate surface area is 161 Å². The first-order valence-corrected chi connectivity index (χ1v) is 9.39. The first-order chi connectivity index (χ1) is 10.8. The van der Waals surface area contributed by atoms with Gasteiger partial charge in [0.25, 0.3) is 0 Å². The van der Waals surface area contributed by atoms with E-state index < -0.39 is 0 Å². The third-order valence-electron chi connectivity index (χ3n) is 4.67. The van der Waals surface area contributed by atoms with Gasteiger partial charge in [-0.15, -0.1) is 36.2 Å². The van der Waals surface area contributed by atoms with Gasteiger partial charge in [0.15, 0.2) is 0 Å². The Morgan fingerprint density at radius 2 is 1.83 bits per heavy atom. The van der Waals surface area contributed by atoms with E-state index in [1.807, 2.05) is 11.3 Å². The van der Waals surface area contributed by atoms with Gasteiger partial charge in [-0.1, -0.05) is 6.07 Å². The third-order valence-corrected chi connectivity index (χ3v) is 5.53. The molecule has 2 heterocycles. The maximum absolute atomic E-state index is 11.8. The summed E-state index contributed by atoms with van der Waals surface area (Å²) in [7, 11) is 0. The van der Waals surface area contributed by atoms with Crippen molar-refractivity contribution in [1.82, 2.24) is 15.5 Å². The Morgan fingerprint density at radius 3 is 2.46 bits per heavy atom. The van der Waals surface area contributed by atoms with Crippen LogP contribution in [0.25, 0.3) is 0 Å². The monoisotopic (exact) mass is 393 g/mol. The quantitative estimate of drug-likeness (QED) is 0.713. The predicted molar refractivity (Wildman–Crippen MR) is 105 cm³/mol. The average molecular weight is 394 g/mol. The molecule has 1 aliphatic heterocycles. The Bertz CT molecular complexity index is 460. The summed E-state index contributed by atoms with van der Waals surface area (Å²) in [4.78, 5) is 15.8. The smallest absolute Gasteiger partial charge is 0.233 e. The van der Waals surface area contributed by atoms with E-state index in [-0.39, 0.29) is 30.7 Å². The molecule has 0 atom stereocenters. The number of likely N-dealkylation sites (tertiary alicyclic amines) is 1. The molecular formula is C17H29Cl2N3OS. The van der Waals surface area contributed by atoms with Crippen LogP contribution in [-0.4, -0.2) is 43.5 Å². The van der Waals surface area contributed by atoms with Crippen molar-refractivity contribution in [2.75, 3.05) is 32.7 Å². The van der Waals surface area contributed by atoms with E-state index in [4.69, 9.17) is 0 Å². The summed E-state index contributed by atoms with van der Waals surface area (Å²) in [5, 5.41) is 8.48. The van der Waals surface area contributed by atoms with Crippen LogP contribution in [0.3, 0.4) is 0 Å². The second-order valence-corrected chi connectivity index (χ2v) is 7.71. The van der Waals surface area contributed by atoms with Gasteiger partial charge >= 0.3 is 0 Å². The van der Waals surface area contributed by atoms with Gasteiger partial charge in [-0.05, 0) is 68.6 Å². The number of carbonyl (C=O) groups excluding carboxylic acids is 1. The van der Waals surface area contributed by atoms with E-state index in [9.17, 15) is 4.79 Å². The highest BCUT2D eigenvalue weighted by atomic mass is 35.5. The molecule has 138 valence electrons. The standard InChI is InChI=1S/C17H27N3OS.2ClH/c21-17(12-18-10-14-3-4-14)19-11-15-5-7-20(8-6-15)13-16-2-1-9-22-16;;/h1-2,9,14-15,18H,3-8,10-13H2,(H,19,21);2*1H. The van der Waals surface area contributed by atoms with Crippen LogP contribution in [0.5, 0.6) is 0 Å². The minimum atomic E-state index is 0. The summed E-state index contributed by atoms with van der Waals surface area (Å²) >= 11 is 1.84. The second-order valence-electron chi connectivity index (χ2n) is 6.68. The number of piperidine rings is 1. The molecule has 1 aromatic heterocycles. The van der Waals surface area contributed by atoms with Gasteiger partial charge < -0.3 is 10.6 Å². The highest BCUT2D eigenvalue weighted by Gasteiger charge is 2.21. The van der Waals surface area contributed by atoms with E-state index in [1.54, 1.807) is 0 Å². The van der Waals surface area contributed by atoms with E-state index in [1.165, 1.54) is 30.6 Å². The van der Waals surface area contributed by atoms with Crippen molar-refractivity contribution in [3.63, 3.8) is 0 Å². The number of rotatable bonds is 8. The molecule has 7 heteroatoms. The second kappa shape index (κ2) is 11.3. The van der Waals surface area contributed by atoms with Gasteiger partial charge in [-0.3, -0.25) is 9.69 Å². The Hall–Kier alpha value is -0.330. The van der Waals surface area contributed by atoms with Crippen molar-refractivity contribution in [1.29, 1.82) is 0 Å². The molecule has 3 rings (SSSR count). The molecule has 4 nitrogen and oxygen atoms in total.